The zero-order valence-electron chi connectivity index (χ0n) is 13.3. The number of aryl methyl sites for hydroxylation is 2. The van der Waals surface area contributed by atoms with E-state index in [0.717, 1.165) is 41.8 Å². The third kappa shape index (κ3) is 2.38. The first kappa shape index (κ1) is 14.6. The fourth-order valence-electron chi connectivity index (χ4n) is 3.28. The van der Waals surface area contributed by atoms with E-state index < -0.39 is 5.97 Å². The first-order chi connectivity index (χ1) is 11.6. The summed E-state index contributed by atoms with van der Waals surface area (Å²) >= 11 is 0. The van der Waals surface area contributed by atoms with Crippen molar-refractivity contribution in [3.63, 3.8) is 0 Å². The molecule has 0 spiro atoms. The van der Waals surface area contributed by atoms with E-state index in [1.807, 2.05) is 13.1 Å². The summed E-state index contributed by atoms with van der Waals surface area (Å²) in [6.45, 7) is 1.50. The van der Waals surface area contributed by atoms with Crippen molar-refractivity contribution < 1.29 is 9.90 Å². The summed E-state index contributed by atoms with van der Waals surface area (Å²) in [5.74, 6) is -0.0491. The van der Waals surface area contributed by atoms with Gasteiger partial charge >= 0.3 is 5.97 Å². The molecular weight excluding hydrogens is 306 g/mol. The van der Waals surface area contributed by atoms with Gasteiger partial charge in [0.05, 0.1) is 17.1 Å². The van der Waals surface area contributed by atoms with Crippen molar-refractivity contribution in [2.75, 3.05) is 11.4 Å². The molecule has 0 amide bonds. The number of hydrogen-bond donors (Lipinski definition) is 1. The summed E-state index contributed by atoms with van der Waals surface area (Å²) in [5.41, 5.74) is 3.37. The average Bonchev–Trinajstić information content (AvgIpc) is 2.84. The topological polar surface area (TPSA) is 84.1 Å². The number of carbonyl (C=O) groups is 1. The molecule has 4 rings (SSSR count). The second-order valence-corrected chi connectivity index (χ2v) is 6.02. The van der Waals surface area contributed by atoms with Crippen molar-refractivity contribution in [3.05, 3.63) is 47.4 Å². The molecule has 0 saturated carbocycles. The molecule has 1 aromatic carbocycles. The van der Waals surface area contributed by atoms with Crippen LogP contribution in [0.3, 0.4) is 0 Å². The highest BCUT2D eigenvalue weighted by Crippen LogP contribution is 2.28. The highest BCUT2D eigenvalue weighted by atomic mass is 16.4. The Morgan fingerprint density at radius 1 is 1.25 bits per heavy atom. The van der Waals surface area contributed by atoms with Crippen LogP contribution in [0.1, 0.15) is 27.9 Å². The van der Waals surface area contributed by atoms with Crippen LogP contribution in [-0.4, -0.2) is 37.4 Å². The van der Waals surface area contributed by atoms with E-state index in [9.17, 15) is 9.90 Å². The van der Waals surface area contributed by atoms with Crippen LogP contribution >= 0.6 is 0 Å². The van der Waals surface area contributed by atoms with Gasteiger partial charge < -0.3 is 10.0 Å². The number of hydrogen-bond acceptors (Lipinski definition) is 5. The Kier molecular flexibility index (Phi) is 3.41. The largest absolute Gasteiger partial charge is 0.478 e. The maximum Gasteiger partial charge on any atom is 0.335 e. The van der Waals surface area contributed by atoms with Gasteiger partial charge in [0.1, 0.15) is 12.1 Å². The Hall–Kier alpha value is -2.96. The number of aromatic carboxylic acids is 1. The van der Waals surface area contributed by atoms with E-state index in [-0.39, 0.29) is 0 Å². The van der Waals surface area contributed by atoms with E-state index >= 15 is 0 Å². The average molecular weight is 323 g/mol. The molecular formula is C17H17N5O2. The second kappa shape index (κ2) is 5.59. The van der Waals surface area contributed by atoms with Gasteiger partial charge in [-0.1, -0.05) is 6.07 Å². The minimum Gasteiger partial charge on any atom is -0.478 e. The maximum atomic E-state index is 11.3. The lowest BCUT2D eigenvalue weighted by Crippen LogP contribution is -2.24. The fourth-order valence-corrected chi connectivity index (χ4v) is 3.28. The molecule has 3 heterocycles. The monoisotopic (exact) mass is 323 g/mol. The van der Waals surface area contributed by atoms with Gasteiger partial charge in [-0.2, -0.15) is 5.10 Å². The van der Waals surface area contributed by atoms with Crippen LogP contribution in [-0.2, 0) is 20.0 Å². The summed E-state index contributed by atoms with van der Waals surface area (Å²) < 4.78 is 1.73. The molecule has 0 radical (unpaired) electrons. The maximum absolute atomic E-state index is 11.3. The van der Waals surface area contributed by atoms with E-state index in [1.54, 1.807) is 29.3 Å². The molecule has 0 fully saturated rings. The van der Waals surface area contributed by atoms with Gasteiger partial charge in [0.25, 0.3) is 0 Å². The molecule has 3 aromatic rings. The van der Waals surface area contributed by atoms with Crippen molar-refractivity contribution in [2.45, 2.75) is 19.4 Å². The summed E-state index contributed by atoms with van der Waals surface area (Å²) in [5, 5.41) is 14.4. The normalized spacial score (nSPS) is 14.5. The standard InChI is InChI=1S/C17H17N5O2/c1-21-15-14(8-20-21)16(19-10-18-15)22-6-2-3-11-4-5-12(17(23)24)7-13(11)9-22/h4-5,7-8,10H,2-3,6,9H2,1H3,(H,23,24). The van der Waals surface area contributed by atoms with E-state index in [2.05, 4.69) is 20.0 Å². The zero-order valence-corrected chi connectivity index (χ0v) is 13.3. The van der Waals surface area contributed by atoms with Gasteiger partial charge in [-0.15, -0.1) is 0 Å². The highest BCUT2D eigenvalue weighted by Gasteiger charge is 2.20. The Balaban J connectivity index is 1.77. The van der Waals surface area contributed by atoms with Gasteiger partial charge in [-0.3, -0.25) is 4.68 Å². The number of fused-ring (bicyclic) bond motifs is 2. The Morgan fingerprint density at radius 3 is 2.96 bits per heavy atom. The molecule has 0 aliphatic carbocycles. The number of nitrogens with zero attached hydrogens (tertiary/aromatic N) is 5. The van der Waals surface area contributed by atoms with E-state index in [1.165, 1.54) is 5.56 Å². The molecule has 0 unspecified atom stereocenters. The number of carboxylic acids is 1. The quantitative estimate of drug-likeness (QED) is 0.776. The number of carboxylic acid groups (broad SMARTS) is 1. The SMILES string of the molecule is Cn1ncc2c(N3CCCc4ccc(C(=O)O)cc4C3)ncnc21. The van der Waals surface area contributed by atoms with E-state index in [0.29, 0.717) is 12.1 Å². The van der Waals surface area contributed by atoms with Crippen molar-refractivity contribution in [3.8, 4) is 0 Å². The minimum absolute atomic E-state index is 0.324. The molecule has 24 heavy (non-hydrogen) atoms. The third-order valence-corrected chi connectivity index (χ3v) is 4.50. The van der Waals surface area contributed by atoms with Gasteiger partial charge in [0, 0.05) is 20.1 Å². The lowest BCUT2D eigenvalue weighted by Gasteiger charge is -2.22. The molecule has 1 N–H and O–H groups in total. The number of anilines is 1. The molecule has 1 aliphatic heterocycles. The van der Waals surface area contributed by atoms with E-state index in [4.69, 9.17) is 0 Å². The van der Waals surface area contributed by atoms with Gasteiger partial charge in [-0.05, 0) is 36.1 Å². The van der Waals surface area contributed by atoms with Gasteiger partial charge in [0.2, 0.25) is 0 Å². The van der Waals surface area contributed by atoms with Crippen LogP contribution in [0, 0.1) is 0 Å². The molecule has 0 bridgehead atoms. The molecule has 0 atom stereocenters. The van der Waals surface area contributed by atoms with Crippen LogP contribution in [0.15, 0.2) is 30.7 Å². The molecule has 1 aliphatic rings. The third-order valence-electron chi connectivity index (χ3n) is 4.50. The zero-order chi connectivity index (χ0) is 16.7. The van der Waals surface area contributed by atoms with Crippen molar-refractivity contribution >= 4 is 22.8 Å². The van der Waals surface area contributed by atoms with Gasteiger partial charge in [0.15, 0.2) is 5.65 Å². The fraction of sp³-hybridized carbons (Fsp3) is 0.294. The molecule has 7 nitrogen and oxygen atoms in total. The van der Waals surface area contributed by atoms with Crippen LogP contribution in [0.5, 0.6) is 0 Å². The van der Waals surface area contributed by atoms with Crippen LogP contribution in [0.25, 0.3) is 11.0 Å². The molecule has 0 saturated heterocycles. The number of aromatic nitrogens is 4. The highest BCUT2D eigenvalue weighted by molar-refractivity contribution is 5.88. The number of rotatable bonds is 2. The van der Waals surface area contributed by atoms with Crippen molar-refractivity contribution in [1.82, 2.24) is 19.7 Å². The summed E-state index contributed by atoms with van der Waals surface area (Å²) in [4.78, 5) is 22.2. The first-order valence-corrected chi connectivity index (χ1v) is 7.86. The summed E-state index contributed by atoms with van der Waals surface area (Å²) in [7, 11) is 1.86. The predicted octanol–water partition coefficient (Wildman–Crippen LogP) is 2.01. The Labute approximate surface area is 138 Å². The lowest BCUT2D eigenvalue weighted by molar-refractivity contribution is 0.0696. The van der Waals surface area contributed by atoms with Gasteiger partial charge in [-0.25, -0.2) is 14.8 Å². The smallest absolute Gasteiger partial charge is 0.335 e. The van der Waals surface area contributed by atoms with Crippen LogP contribution in [0.4, 0.5) is 5.82 Å². The molecule has 122 valence electrons. The second-order valence-electron chi connectivity index (χ2n) is 6.02. The lowest BCUT2D eigenvalue weighted by atomic mass is 10.0. The van der Waals surface area contributed by atoms with Crippen molar-refractivity contribution in [1.29, 1.82) is 0 Å². The Bertz CT molecular complexity index is 934. The van der Waals surface area contributed by atoms with Crippen LogP contribution < -0.4 is 4.90 Å². The summed E-state index contributed by atoms with van der Waals surface area (Å²) in [6.07, 6.45) is 5.27. The molecule has 7 heteroatoms. The van der Waals surface area contributed by atoms with Crippen LogP contribution in [0.2, 0.25) is 0 Å². The van der Waals surface area contributed by atoms with Crippen molar-refractivity contribution in [2.24, 2.45) is 7.05 Å². The minimum atomic E-state index is -0.898. The first-order valence-electron chi connectivity index (χ1n) is 7.86. The Morgan fingerprint density at radius 2 is 2.12 bits per heavy atom. The predicted molar refractivity (Wildman–Crippen MR) is 89.1 cm³/mol. The summed E-state index contributed by atoms with van der Waals surface area (Å²) in [6, 6.07) is 5.39. The number of benzene rings is 1. The molecule has 2 aromatic heterocycles.